The summed E-state index contributed by atoms with van der Waals surface area (Å²) >= 11 is 7.88. The van der Waals surface area contributed by atoms with Crippen LogP contribution >= 0.6 is 43.2 Å². The van der Waals surface area contributed by atoms with Gasteiger partial charge in [-0.3, -0.25) is 4.79 Å². The minimum Gasteiger partial charge on any atom is -0.469 e. The lowest BCUT2D eigenvalue weighted by Crippen LogP contribution is -2.40. The van der Waals surface area contributed by atoms with Crippen molar-refractivity contribution in [3.8, 4) is 0 Å². The summed E-state index contributed by atoms with van der Waals surface area (Å²) in [5.74, 6) is -0.467. The van der Waals surface area contributed by atoms with Gasteiger partial charge in [0.15, 0.2) is 0 Å². The molecule has 0 aromatic carbocycles. The number of esters is 1. The number of ether oxygens (including phenoxy) is 1. The van der Waals surface area contributed by atoms with E-state index in [2.05, 4.69) is 31.9 Å². The van der Waals surface area contributed by atoms with E-state index in [1.807, 2.05) is 0 Å². The number of halogens is 2. The number of carbonyl (C=O) groups excluding carboxylic acids is 1. The van der Waals surface area contributed by atoms with Gasteiger partial charge in [0.05, 0.1) is 20.6 Å². The summed E-state index contributed by atoms with van der Waals surface area (Å²) in [6, 6.07) is 1.59. The smallest absolute Gasteiger partial charge is 0.308 e. The van der Waals surface area contributed by atoms with Crippen LogP contribution in [-0.4, -0.2) is 38.9 Å². The molecule has 0 N–H and O–H groups in total. The fraction of sp³-hybridized carbons (Fsp3) is 0.545. The van der Waals surface area contributed by atoms with Crippen molar-refractivity contribution in [3.63, 3.8) is 0 Å². The van der Waals surface area contributed by atoms with Gasteiger partial charge in [-0.05, 0) is 50.8 Å². The van der Waals surface area contributed by atoms with Crippen LogP contribution in [0.4, 0.5) is 0 Å². The Hall–Kier alpha value is 0.0400. The SMILES string of the molecule is COC(=O)C1CCN(S(=O)(=O)c2cc(Br)sc2Br)CC1. The van der Waals surface area contributed by atoms with E-state index in [0.29, 0.717) is 29.7 Å². The van der Waals surface area contributed by atoms with Gasteiger partial charge in [-0.2, -0.15) is 4.31 Å². The number of methoxy groups -OCH3 is 1. The molecule has 2 heterocycles. The van der Waals surface area contributed by atoms with Crippen LogP contribution < -0.4 is 0 Å². The number of hydrogen-bond acceptors (Lipinski definition) is 5. The second-order valence-corrected chi connectivity index (χ2v) is 10.0. The average Bonchev–Trinajstić information content (AvgIpc) is 2.77. The van der Waals surface area contributed by atoms with Crippen molar-refractivity contribution in [2.24, 2.45) is 5.92 Å². The fourth-order valence-electron chi connectivity index (χ4n) is 2.14. The van der Waals surface area contributed by atoms with Gasteiger partial charge in [0.1, 0.15) is 4.90 Å². The number of rotatable bonds is 3. The van der Waals surface area contributed by atoms with E-state index < -0.39 is 10.0 Å². The predicted molar refractivity (Wildman–Crippen MR) is 83.2 cm³/mol. The van der Waals surface area contributed by atoms with Crippen LogP contribution in [0.15, 0.2) is 18.5 Å². The van der Waals surface area contributed by atoms with E-state index in [4.69, 9.17) is 4.74 Å². The second-order valence-electron chi connectivity index (χ2n) is 4.39. The number of thiophene rings is 1. The third kappa shape index (κ3) is 3.27. The van der Waals surface area contributed by atoms with Crippen LogP contribution in [0.2, 0.25) is 0 Å². The Morgan fingerprint density at radius 1 is 1.40 bits per heavy atom. The molecule has 0 aliphatic carbocycles. The zero-order valence-corrected chi connectivity index (χ0v) is 15.4. The Morgan fingerprint density at radius 3 is 2.45 bits per heavy atom. The van der Waals surface area contributed by atoms with Gasteiger partial charge in [0, 0.05) is 13.1 Å². The van der Waals surface area contributed by atoms with E-state index in [0.717, 1.165) is 3.79 Å². The van der Waals surface area contributed by atoms with E-state index in [9.17, 15) is 13.2 Å². The summed E-state index contributed by atoms with van der Waals surface area (Å²) in [6.07, 6.45) is 0.990. The highest BCUT2D eigenvalue weighted by Crippen LogP contribution is 2.37. The van der Waals surface area contributed by atoms with Gasteiger partial charge < -0.3 is 4.74 Å². The van der Waals surface area contributed by atoms with Crippen molar-refractivity contribution in [2.75, 3.05) is 20.2 Å². The van der Waals surface area contributed by atoms with Gasteiger partial charge in [0.25, 0.3) is 0 Å². The summed E-state index contributed by atoms with van der Waals surface area (Å²) in [6.45, 7) is 0.671. The molecule has 0 bridgehead atoms. The number of carbonyl (C=O) groups is 1. The quantitative estimate of drug-likeness (QED) is 0.669. The predicted octanol–water partition coefficient (Wildman–Crippen LogP) is 2.85. The molecule has 1 fully saturated rings. The van der Waals surface area contributed by atoms with E-state index in [-0.39, 0.29) is 16.8 Å². The minimum atomic E-state index is -3.51. The summed E-state index contributed by atoms with van der Waals surface area (Å²) < 4.78 is 32.5. The maximum absolute atomic E-state index is 12.5. The van der Waals surface area contributed by atoms with Crippen LogP contribution in [0.25, 0.3) is 0 Å². The monoisotopic (exact) mass is 445 g/mol. The lowest BCUT2D eigenvalue weighted by atomic mass is 9.99. The molecule has 5 nitrogen and oxygen atoms in total. The van der Waals surface area contributed by atoms with Gasteiger partial charge >= 0.3 is 5.97 Å². The molecule has 0 saturated carbocycles. The Bertz CT molecular complexity index is 606. The number of sulfonamides is 1. The fourth-order valence-corrected chi connectivity index (χ4v) is 7.37. The molecule has 1 aliphatic heterocycles. The standard InChI is InChI=1S/C11H13Br2NO4S2/c1-18-11(15)7-2-4-14(5-3-7)20(16,17)8-6-9(12)19-10(8)13/h6-7H,2-5H2,1H3. The number of nitrogens with zero attached hydrogens (tertiary/aromatic N) is 1. The van der Waals surface area contributed by atoms with Gasteiger partial charge in [-0.25, -0.2) is 8.42 Å². The molecule has 112 valence electrons. The van der Waals surface area contributed by atoms with Crippen molar-refractivity contribution in [1.29, 1.82) is 0 Å². The van der Waals surface area contributed by atoms with Gasteiger partial charge in [-0.1, -0.05) is 0 Å². The third-order valence-corrected chi connectivity index (χ3v) is 7.89. The maximum atomic E-state index is 12.5. The first-order valence-electron chi connectivity index (χ1n) is 5.89. The van der Waals surface area contributed by atoms with Crippen molar-refractivity contribution < 1.29 is 17.9 Å². The maximum Gasteiger partial charge on any atom is 0.308 e. The molecule has 2 rings (SSSR count). The zero-order chi connectivity index (χ0) is 14.9. The van der Waals surface area contributed by atoms with Crippen molar-refractivity contribution >= 4 is 59.2 Å². The summed E-state index contributed by atoms with van der Waals surface area (Å²) in [5, 5.41) is 0. The normalized spacial score (nSPS) is 18.1. The topological polar surface area (TPSA) is 63.7 Å². The molecule has 0 unspecified atom stereocenters. The molecular weight excluding hydrogens is 434 g/mol. The highest BCUT2D eigenvalue weighted by Gasteiger charge is 2.34. The molecule has 1 saturated heterocycles. The second kappa shape index (κ2) is 6.43. The van der Waals surface area contributed by atoms with Gasteiger partial charge in [0.2, 0.25) is 10.0 Å². The highest BCUT2D eigenvalue weighted by atomic mass is 79.9. The Balaban J connectivity index is 2.14. The van der Waals surface area contributed by atoms with E-state index in [1.165, 1.54) is 22.8 Å². The Labute approximate surface area is 138 Å². The van der Waals surface area contributed by atoms with Crippen LogP contribution in [0.5, 0.6) is 0 Å². The van der Waals surface area contributed by atoms with E-state index >= 15 is 0 Å². The molecule has 0 spiro atoms. The largest absolute Gasteiger partial charge is 0.469 e. The van der Waals surface area contributed by atoms with Crippen molar-refractivity contribution in [1.82, 2.24) is 4.31 Å². The molecule has 9 heteroatoms. The molecule has 1 aliphatic rings. The van der Waals surface area contributed by atoms with Crippen molar-refractivity contribution in [2.45, 2.75) is 17.7 Å². The lowest BCUT2D eigenvalue weighted by Gasteiger charge is -2.29. The van der Waals surface area contributed by atoms with Crippen LogP contribution in [0.1, 0.15) is 12.8 Å². The first-order chi connectivity index (χ1) is 9.36. The minimum absolute atomic E-state index is 0.205. The van der Waals surface area contributed by atoms with Crippen LogP contribution in [0.3, 0.4) is 0 Å². The first-order valence-corrected chi connectivity index (χ1v) is 9.73. The third-order valence-electron chi connectivity index (χ3n) is 3.23. The summed E-state index contributed by atoms with van der Waals surface area (Å²) in [7, 11) is -2.16. The molecule has 1 aromatic heterocycles. The molecule has 0 radical (unpaired) electrons. The number of hydrogen-bond donors (Lipinski definition) is 0. The molecular formula is C11H13Br2NO4S2. The van der Waals surface area contributed by atoms with Crippen LogP contribution in [0, 0.1) is 5.92 Å². The van der Waals surface area contributed by atoms with E-state index in [1.54, 1.807) is 6.07 Å². The zero-order valence-electron chi connectivity index (χ0n) is 10.6. The van der Waals surface area contributed by atoms with Gasteiger partial charge in [-0.15, -0.1) is 11.3 Å². The molecule has 20 heavy (non-hydrogen) atoms. The highest BCUT2D eigenvalue weighted by molar-refractivity contribution is 9.12. The lowest BCUT2D eigenvalue weighted by molar-refractivity contribution is -0.146. The Morgan fingerprint density at radius 2 is 2.00 bits per heavy atom. The number of piperidine rings is 1. The average molecular weight is 447 g/mol. The summed E-state index contributed by atoms with van der Waals surface area (Å²) in [4.78, 5) is 11.7. The van der Waals surface area contributed by atoms with Crippen molar-refractivity contribution in [3.05, 3.63) is 13.6 Å². The van der Waals surface area contributed by atoms with Crippen LogP contribution in [-0.2, 0) is 19.6 Å². The molecule has 0 atom stereocenters. The Kier molecular flexibility index (Phi) is 5.28. The molecule has 0 amide bonds. The first kappa shape index (κ1) is 16.4. The molecule has 1 aromatic rings. The summed E-state index contributed by atoms with van der Waals surface area (Å²) in [5.41, 5.74) is 0.